The van der Waals surface area contributed by atoms with E-state index in [1.54, 1.807) is 11.8 Å². The van der Waals surface area contributed by atoms with Crippen LogP contribution in [-0.4, -0.2) is 42.9 Å². The van der Waals surface area contributed by atoms with Crippen LogP contribution in [0.1, 0.15) is 24.4 Å². The second kappa shape index (κ2) is 9.37. The summed E-state index contributed by atoms with van der Waals surface area (Å²) in [6.45, 7) is 6.23. The van der Waals surface area contributed by atoms with Crippen LogP contribution in [-0.2, 0) is 4.79 Å². The van der Waals surface area contributed by atoms with Gasteiger partial charge in [0.2, 0.25) is 5.91 Å². The molecule has 6 heteroatoms. The molecule has 1 unspecified atom stereocenters. The second-order valence-electron chi connectivity index (χ2n) is 7.18. The van der Waals surface area contributed by atoms with Crippen molar-refractivity contribution in [2.24, 2.45) is 0 Å². The Kier molecular flexibility index (Phi) is 6.42. The minimum Gasteiger partial charge on any atom is -0.486 e. The van der Waals surface area contributed by atoms with Gasteiger partial charge >= 0.3 is 0 Å². The number of anilines is 1. The first kappa shape index (κ1) is 19.9. The minimum atomic E-state index is 0.0149. The smallest absolute Gasteiger partial charge is 0.238 e. The number of amides is 1. The van der Waals surface area contributed by atoms with Gasteiger partial charge < -0.3 is 14.8 Å². The van der Waals surface area contributed by atoms with Crippen molar-refractivity contribution in [2.45, 2.75) is 23.8 Å². The standard InChI is InChI=1S/C23H26N2O3S/c1-2-14-29-22-8-4-3-6-18(22)24-23(26)16-25-11-5-7-19(25)17-9-10-20-21(15-17)28-13-12-27-20/h2-4,6,8-10,15,19H,1,5,7,11-14,16H2,(H,24,26). The number of nitrogens with one attached hydrogen (secondary N) is 1. The van der Waals surface area contributed by atoms with Crippen molar-refractivity contribution in [3.05, 3.63) is 60.7 Å². The highest BCUT2D eigenvalue weighted by Gasteiger charge is 2.29. The molecule has 0 spiro atoms. The van der Waals surface area contributed by atoms with Crippen LogP contribution in [0.25, 0.3) is 0 Å². The van der Waals surface area contributed by atoms with Crippen molar-refractivity contribution in [2.75, 3.05) is 37.4 Å². The van der Waals surface area contributed by atoms with Gasteiger partial charge in [-0.05, 0) is 49.2 Å². The van der Waals surface area contributed by atoms with Gasteiger partial charge in [0.05, 0.1) is 12.2 Å². The van der Waals surface area contributed by atoms with Crippen LogP contribution in [0.2, 0.25) is 0 Å². The number of benzene rings is 2. The van der Waals surface area contributed by atoms with Gasteiger partial charge in [-0.2, -0.15) is 0 Å². The Bertz CT molecular complexity index is 886. The highest BCUT2D eigenvalue weighted by Crippen LogP contribution is 2.38. The fourth-order valence-electron chi connectivity index (χ4n) is 3.88. The first-order chi connectivity index (χ1) is 14.2. The lowest BCUT2D eigenvalue weighted by molar-refractivity contribution is -0.117. The highest BCUT2D eigenvalue weighted by atomic mass is 32.2. The Morgan fingerprint density at radius 2 is 2.03 bits per heavy atom. The lowest BCUT2D eigenvalue weighted by Gasteiger charge is -2.26. The molecule has 0 bridgehead atoms. The molecule has 5 nitrogen and oxygen atoms in total. The number of hydrogen-bond donors (Lipinski definition) is 1. The number of para-hydroxylation sites is 1. The van der Waals surface area contributed by atoms with Crippen LogP contribution < -0.4 is 14.8 Å². The molecule has 29 heavy (non-hydrogen) atoms. The zero-order valence-corrected chi connectivity index (χ0v) is 17.2. The monoisotopic (exact) mass is 410 g/mol. The molecule has 2 aliphatic rings. The summed E-state index contributed by atoms with van der Waals surface area (Å²) >= 11 is 1.67. The number of nitrogens with zero attached hydrogens (tertiary/aromatic N) is 1. The first-order valence-electron chi connectivity index (χ1n) is 10.0. The van der Waals surface area contributed by atoms with Crippen LogP contribution in [0.4, 0.5) is 5.69 Å². The third kappa shape index (κ3) is 4.77. The van der Waals surface area contributed by atoms with Gasteiger partial charge in [-0.15, -0.1) is 18.3 Å². The molecule has 4 rings (SSSR count). The summed E-state index contributed by atoms with van der Waals surface area (Å²) in [4.78, 5) is 16.1. The summed E-state index contributed by atoms with van der Waals surface area (Å²) in [5.74, 6) is 2.43. The van der Waals surface area contributed by atoms with Gasteiger partial charge in [-0.1, -0.05) is 24.3 Å². The molecule has 0 radical (unpaired) electrons. The van der Waals surface area contributed by atoms with Gasteiger partial charge in [0.15, 0.2) is 11.5 Å². The molecule has 0 aliphatic carbocycles. The van der Waals surface area contributed by atoms with Crippen LogP contribution in [0.15, 0.2) is 60.0 Å². The van der Waals surface area contributed by atoms with E-state index in [0.717, 1.165) is 47.2 Å². The summed E-state index contributed by atoms with van der Waals surface area (Å²) in [5, 5.41) is 3.09. The van der Waals surface area contributed by atoms with Crippen molar-refractivity contribution in [1.82, 2.24) is 4.90 Å². The molecule has 2 aromatic carbocycles. The Morgan fingerprint density at radius 1 is 1.21 bits per heavy atom. The van der Waals surface area contributed by atoms with Crippen molar-refractivity contribution < 1.29 is 14.3 Å². The van der Waals surface area contributed by atoms with E-state index in [2.05, 4.69) is 28.9 Å². The van der Waals surface area contributed by atoms with Crippen LogP contribution in [0.5, 0.6) is 11.5 Å². The molecule has 2 heterocycles. The maximum Gasteiger partial charge on any atom is 0.238 e. The van der Waals surface area contributed by atoms with Crippen molar-refractivity contribution in [1.29, 1.82) is 0 Å². The van der Waals surface area contributed by atoms with E-state index >= 15 is 0 Å². The molecule has 1 atom stereocenters. The summed E-state index contributed by atoms with van der Waals surface area (Å²) in [6, 6.07) is 14.3. The lowest BCUT2D eigenvalue weighted by atomic mass is 10.0. The summed E-state index contributed by atoms with van der Waals surface area (Å²) in [7, 11) is 0. The molecule has 0 aromatic heterocycles. The first-order valence-corrected chi connectivity index (χ1v) is 11.0. The Balaban J connectivity index is 1.42. The SMILES string of the molecule is C=CCSc1ccccc1NC(=O)CN1CCCC1c1ccc2c(c1)OCCO2. The number of fused-ring (bicyclic) bond motifs is 1. The fourth-order valence-corrected chi connectivity index (χ4v) is 4.63. The normalized spacial score (nSPS) is 18.4. The molecule has 1 amide bonds. The third-order valence-corrected chi connectivity index (χ3v) is 6.25. The fraction of sp³-hybridized carbons (Fsp3) is 0.348. The molecular weight excluding hydrogens is 384 g/mol. The lowest BCUT2D eigenvalue weighted by Crippen LogP contribution is -2.33. The molecule has 152 valence electrons. The summed E-state index contributed by atoms with van der Waals surface area (Å²) in [5.41, 5.74) is 2.04. The molecule has 1 saturated heterocycles. The molecule has 1 fully saturated rings. The van der Waals surface area contributed by atoms with Gasteiger partial charge in [-0.25, -0.2) is 0 Å². The van der Waals surface area contributed by atoms with Crippen LogP contribution >= 0.6 is 11.8 Å². The average Bonchev–Trinajstić information content (AvgIpc) is 3.20. The van der Waals surface area contributed by atoms with Crippen molar-refractivity contribution in [3.63, 3.8) is 0 Å². The predicted molar refractivity (Wildman–Crippen MR) is 117 cm³/mol. The van der Waals surface area contributed by atoms with E-state index < -0.39 is 0 Å². The Hall–Kier alpha value is -2.44. The number of likely N-dealkylation sites (tertiary alicyclic amines) is 1. The van der Waals surface area contributed by atoms with Gasteiger partial charge in [0.1, 0.15) is 13.2 Å². The topological polar surface area (TPSA) is 50.8 Å². The molecule has 2 aromatic rings. The maximum atomic E-state index is 12.8. The molecule has 2 aliphatic heterocycles. The maximum absolute atomic E-state index is 12.8. The number of rotatable bonds is 7. The molecule has 0 saturated carbocycles. The highest BCUT2D eigenvalue weighted by molar-refractivity contribution is 7.99. The van der Waals surface area contributed by atoms with E-state index in [0.29, 0.717) is 19.8 Å². The zero-order valence-electron chi connectivity index (χ0n) is 16.4. The molecule has 1 N–H and O–H groups in total. The van der Waals surface area contributed by atoms with Crippen molar-refractivity contribution >= 4 is 23.4 Å². The van der Waals surface area contributed by atoms with E-state index in [1.165, 1.54) is 5.56 Å². The zero-order chi connectivity index (χ0) is 20.1. The number of carbonyl (C=O) groups is 1. The largest absolute Gasteiger partial charge is 0.486 e. The average molecular weight is 411 g/mol. The van der Waals surface area contributed by atoms with E-state index in [4.69, 9.17) is 9.47 Å². The minimum absolute atomic E-state index is 0.0149. The van der Waals surface area contributed by atoms with Crippen LogP contribution in [0, 0.1) is 0 Å². The number of ether oxygens (including phenoxy) is 2. The van der Waals surface area contributed by atoms with E-state index in [-0.39, 0.29) is 11.9 Å². The Morgan fingerprint density at radius 3 is 2.90 bits per heavy atom. The predicted octanol–water partition coefficient (Wildman–Crippen LogP) is 4.51. The van der Waals surface area contributed by atoms with Crippen LogP contribution in [0.3, 0.4) is 0 Å². The molecular formula is C23H26N2O3S. The number of hydrogen-bond acceptors (Lipinski definition) is 5. The van der Waals surface area contributed by atoms with Gasteiger partial charge in [0, 0.05) is 16.7 Å². The number of thioether (sulfide) groups is 1. The Labute approximate surface area is 176 Å². The quantitative estimate of drug-likeness (QED) is 0.538. The second-order valence-corrected chi connectivity index (χ2v) is 8.24. The number of carbonyl (C=O) groups excluding carboxylic acids is 1. The summed E-state index contributed by atoms with van der Waals surface area (Å²) < 4.78 is 11.4. The van der Waals surface area contributed by atoms with E-state index in [9.17, 15) is 4.79 Å². The van der Waals surface area contributed by atoms with Gasteiger partial charge in [0.25, 0.3) is 0 Å². The third-order valence-electron chi connectivity index (χ3n) is 5.18. The van der Waals surface area contributed by atoms with Crippen molar-refractivity contribution in [3.8, 4) is 11.5 Å². The van der Waals surface area contributed by atoms with Gasteiger partial charge in [-0.3, -0.25) is 9.69 Å². The summed E-state index contributed by atoms with van der Waals surface area (Å²) in [6.07, 6.45) is 3.99. The van der Waals surface area contributed by atoms with E-state index in [1.807, 2.05) is 36.4 Å².